The summed E-state index contributed by atoms with van der Waals surface area (Å²) < 4.78 is 26.7. The Balaban J connectivity index is 1.81. The van der Waals surface area contributed by atoms with Crippen LogP contribution >= 0.6 is 23.2 Å². The standard InChI is InChI=1S/C14H19Cl2N3O4S/c15-10-2-1-3-11(16)14(10)24(22,23)19-5-4-13(21)18-7-9-6-17-8-12(9)20/h1-3,9,12,17,19-20H,4-8H2,(H,18,21). The molecule has 1 aromatic rings. The van der Waals surface area contributed by atoms with E-state index in [0.29, 0.717) is 19.6 Å². The van der Waals surface area contributed by atoms with Crippen LogP contribution < -0.4 is 15.4 Å². The van der Waals surface area contributed by atoms with E-state index in [0.717, 1.165) is 0 Å². The van der Waals surface area contributed by atoms with Crippen molar-refractivity contribution in [3.63, 3.8) is 0 Å². The van der Waals surface area contributed by atoms with E-state index in [1.54, 1.807) is 6.07 Å². The highest BCUT2D eigenvalue weighted by molar-refractivity contribution is 7.89. The van der Waals surface area contributed by atoms with E-state index in [2.05, 4.69) is 15.4 Å². The van der Waals surface area contributed by atoms with Crippen LogP contribution in [0.4, 0.5) is 0 Å². The number of hydrogen-bond acceptors (Lipinski definition) is 5. The highest BCUT2D eigenvalue weighted by atomic mass is 35.5. The number of hydrogen-bond donors (Lipinski definition) is 4. The summed E-state index contributed by atoms with van der Waals surface area (Å²) in [5.41, 5.74) is 0. The van der Waals surface area contributed by atoms with Crippen LogP contribution in [-0.2, 0) is 14.8 Å². The van der Waals surface area contributed by atoms with E-state index < -0.39 is 16.1 Å². The van der Waals surface area contributed by atoms with E-state index in [-0.39, 0.29) is 39.7 Å². The second kappa shape index (κ2) is 8.46. The Kier molecular flexibility index (Phi) is 6.85. The molecule has 1 aliphatic heterocycles. The van der Waals surface area contributed by atoms with Crippen molar-refractivity contribution in [1.82, 2.24) is 15.4 Å². The zero-order chi connectivity index (χ0) is 17.7. The fourth-order valence-corrected chi connectivity index (χ4v) is 4.54. The summed E-state index contributed by atoms with van der Waals surface area (Å²) in [7, 11) is -3.90. The summed E-state index contributed by atoms with van der Waals surface area (Å²) in [6, 6.07) is 4.40. The molecule has 0 bridgehead atoms. The van der Waals surface area contributed by atoms with Gasteiger partial charge in [0, 0.05) is 38.5 Å². The van der Waals surface area contributed by atoms with E-state index in [4.69, 9.17) is 23.2 Å². The lowest BCUT2D eigenvalue weighted by Crippen LogP contribution is -2.36. The molecule has 0 spiro atoms. The zero-order valence-corrected chi connectivity index (χ0v) is 15.1. The van der Waals surface area contributed by atoms with Crippen LogP contribution in [0, 0.1) is 5.92 Å². The predicted octanol–water partition coefficient (Wildman–Crippen LogP) is 0.358. The Bertz CT molecular complexity index is 679. The van der Waals surface area contributed by atoms with Gasteiger partial charge >= 0.3 is 0 Å². The van der Waals surface area contributed by atoms with Crippen LogP contribution in [0.15, 0.2) is 23.1 Å². The molecule has 0 aliphatic carbocycles. The minimum Gasteiger partial charge on any atom is -0.391 e. The third-order valence-electron chi connectivity index (χ3n) is 3.70. The van der Waals surface area contributed by atoms with Crippen molar-refractivity contribution in [3.05, 3.63) is 28.2 Å². The van der Waals surface area contributed by atoms with Crippen molar-refractivity contribution in [1.29, 1.82) is 0 Å². The quantitative estimate of drug-likeness (QED) is 0.533. The highest BCUT2D eigenvalue weighted by Gasteiger charge is 2.25. The number of β-amino-alcohol motifs (C(OH)–C–C–N with tert-alkyl or cyclic N) is 1. The SMILES string of the molecule is O=C(CCNS(=O)(=O)c1c(Cl)cccc1Cl)NCC1CNCC1O. The molecule has 1 aliphatic rings. The van der Waals surface area contributed by atoms with E-state index in [9.17, 15) is 18.3 Å². The van der Waals surface area contributed by atoms with Crippen LogP contribution in [0.3, 0.4) is 0 Å². The lowest BCUT2D eigenvalue weighted by atomic mass is 10.1. The Morgan fingerprint density at radius 2 is 1.96 bits per heavy atom. The van der Waals surface area contributed by atoms with E-state index in [1.807, 2.05) is 0 Å². The fraction of sp³-hybridized carbons (Fsp3) is 0.500. The molecule has 24 heavy (non-hydrogen) atoms. The van der Waals surface area contributed by atoms with Gasteiger partial charge in [0.2, 0.25) is 15.9 Å². The topological polar surface area (TPSA) is 108 Å². The number of rotatable bonds is 7. The van der Waals surface area contributed by atoms with E-state index >= 15 is 0 Å². The molecule has 4 N–H and O–H groups in total. The molecule has 10 heteroatoms. The minimum absolute atomic E-state index is 0.0159. The lowest BCUT2D eigenvalue weighted by Gasteiger charge is -2.14. The Morgan fingerprint density at radius 3 is 2.54 bits per heavy atom. The second-order valence-electron chi connectivity index (χ2n) is 5.49. The first-order chi connectivity index (χ1) is 11.3. The van der Waals surface area contributed by atoms with Gasteiger partial charge in [-0.1, -0.05) is 29.3 Å². The smallest absolute Gasteiger partial charge is 0.243 e. The average molecular weight is 396 g/mol. The second-order valence-corrected chi connectivity index (χ2v) is 8.01. The molecule has 0 saturated carbocycles. The molecule has 2 unspecified atom stereocenters. The van der Waals surface area contributed by atoms with Gasteiger partial charge in [0.15, 0.2) is 0 Å². The maximum Gasteiger partial charge on any atom is 0.243 e. The number of carbonyl (C=O) groups excluding carboxylic acids is 1. The van der Waals surface area contributed by atoms with Gasteiger partial charge in [-0.15, -0.1) is 0 Å². The summed E-state index contributed by atoms with van der Waals surface area (Å²) in [6.45, 7) is 1.41. The van der Waals surface area contributed by atoms with Gasteiger partial charge in [-0.05, 0) is 12.1 Å². The molecule has 1 aromatic carbocycles. The van der Waals surface area contributed by atoms with Gasteiger partial charge in [0.1, 0.15) is 4.90 Å². The van der Waals surface area contributed by atoms with Gasteiger partial charge in [0.05, 0.1) is 16.1 Å². The van der Waals surface area contributed by atoms with Crippen LogP contribution in [-0.4, -0.2) is 51.7 Å². The van der Waals surface area contributed by atoms with Crippen molar-refractivity contribution in [2.24, 2.45) is 5.92 Å². The molecule has 0 radical (unpaired) electrons. The van der Waals surface area contributed by atoms with Crippen molar-refractivity contribution in [3.8, 4) is 0 Å². The van der Waals surface area contributed by atoms with Gasteiger partial charge in [-0.25, -0.2) is 13.1 Å². The van der Waals surface area contributed by atoms with Crippen LogP contribution in [0.25, 0.3) is 0 Å². The molecule has 1 heterocycles. The monoisotopic (exact) mass is 395 g/mol. The number of carbonyl (C=O) groups is 1. The Labute approximate surface area is 150 Å². The average Bonchev–Trinajstić information content (AvgIpc) is 2.90. The van der Waals surface area contributed by atoms with Crippen LogP contribution in [0.5, 0.6) is 0 Å². The third-order valence-corrected chi connectivity index (χ3v) is 6.11. The van der Waals surface area contributed by atoms with Gasteiger partial charge in [0.25, 0.3) is 0 Å². The first-order valence-electron chi connectivity index (χ1n) is 7.40. The number of halogens is 2. The normalized spacial score (nSPS) is 21.0. The summed E-state index contributed by atoms with van der Waals surface area (Å²) in [5, 5.41) is 15.4. The van der Waals surface area contributed by atoms with Gasteiger partial charge < -0.3 is 15.7 Å². The maximum atomic E-state index is 12.2. The summed E-state index contributed by atoms with van der Waals surface area (Å²) in [6.07, 6.45) is -0.511. The number of nitrogens with one attached hydrogen (secondary N) is 3. The largest absolute Gasteiger partial charge is 0.391 e. The van der Waals surface area contributed by atoms with E-state index in [1.165, 1.54) is 12.1 Å². The fourth-order valence-electron chi connectivity index (χ4n) is 2.37. The molecular weight excluding hydrogens is 377 g/mol. The Morgan fingerprint density at radius 1 is 1.29 bits per heavy atom. The molecule has 7 nitrogen and oxygen atoms in total. The molecule has 2 rings (SSSR count). The molecule has 0 aromatic heterocycles. The summed E-state index contributed by atoms with van der Waals surface area (Å²) in [5.74, 6) is -0.338. The van der Waals surface area contributed by atoms with Gasteiger partial charge in [-0.2, -0.15) is 0 Å². The number of benzene rings is 1. The molecular formula is C14H19Cl2N3O4S. The summed E-state index contributed by atoms with van der Waals surface area (Å²) in [4.78, 5) is 11.6. The third kappa shape index (κ3) is 5.05. The summed E-state index contributed by atoms with van der Waals surface area (Å²) >= 11 is 11.8. The first-order valence-corrected chi connectivity index (χ1v) is 9.64. The molecule has 134 valence electrons. The van der Waals surface area contributed by atoms with Crippen LogP contribution in [0.1, 0.15) is 6.42 Å². The molecule has 1 saturated heterocycles. The molecule has 1 amide bonds. The van der Waals surface area contributed by atoms with Crippen molar-refractivity contribution in [2.75, 3.05) is 26.2 Å². The first kappa shape index (κ1) is 19.4. The maximum absolute atomic E-state index is 12.2. The molecule has 2 atom stereocenters. The number of aliphatic hydroxyl groups is 1. The zero-order valence-electron chi connectivity index (χ0n) is 12.8. The van der Waals surface area contributed by atoms with Crippen LogP contribution in [0.2, 0.25) is 10.0 Å². The minimum atomic E-state index is -3.90. The van der Waals surface area contributed by atoms with Crippen molar-refractivity contribution in [2.45, 2.75) is 17.4 Å². The molecule has 1 fully saturated rings. The predicted molar refractivity (Wildman–Crippen MR) is 91.6 cm³/mol. The van der Waals surface area contributed by atoms with Crippen molar-refractivity contribution < 1.29 is 18.3 Å². The lowest BCUT2D eigenvalue weighted by molar-refractivity contribution is -0.121. The van der Waals surface area contributed by atoms with Gasteiger partial charge in [-0.3, -0.25) is 4.79 Å². The number of sulfonamides is 1. The Hall–Kier alpha value is -0.900. The number of amides is 1. The number of aliphatic hydroxyl groups excluding tert-OH is 1. The highest BCUT2D eigenvalue weighted by Crippen LogP contribution is 2.28. The van der Waals surface area contributed by atoms with Crippen molar-refractivity contribution >= 4 is 39.1 Å².